The van der Waals surface area contributed by atoms with Crippen molar-refractivity contribution in [2.24, 2.45) is 5.73 Å². The summed E-state index contributed by atoms with van der Waals surface area (Å²) in [7, 11) is 0. The Balaban J connectivity index is 1.39. The molecule has 0 radical (unpaired) electrons. The lowest BCUT2D eigenvalue weighted by Crippen LogP contribution is -2.19. The molecule has 0 bridgehead atoms. The quantitative estimate of drug-likeness (QED) is 0.483. The second kappa shape index (κ2) is 9.01. The number of aromatic amines is 1. The number of thioether (sulfide) groups is 1. The molecule has 9 heteroatoms. The number of hydrogen-bond acceptors (Lipinski definition) is 6. The van der Waals surface area contributed by atoms with Crippen molar-refractivity contribution in [3.05, 3.63) is 45.8 Å². The molecule has 0 fully saturated rings. The number of fused-ring (bicyclic) bond motifs is 1. The first-order valence-electron chi connectivity index (χ1n) is 9.94. The third-order valence-electron chi connectivity index (χ3n) is 5.10. The number of nitrogens with zero attached hydrogens (tertiary/aromatic N) is 2. The largest absolute Gasteiger partial charge is 0.365 e. The highest BCUT2D eigenvalue weighted by atomic mass is 32.2. The molecule has 2 amide bonds. The van der Waals surface area contributed by atoms with Gasteiger partial charge in [-0.3, -0.25) is 14.7 Å². The molecule has 1 aromatic carbocycles. The zero-order valence-corrected chi connectivity index (χ0v) is 18.3. The molecule has 156 valence electrons. The van der Waals surface area contributed by atoms with Gasteiger partial charge in [0.15, 0.2) is 5.82 Å². The predicted molar refractivity (Wildman–Crippen MR) is 120 cm³/mol. The van der Waals surface area contributed by atoms with Gasteiger partial charge in [-0.05, 0) is 43.2 Å². The van der Waals surface area contributed by atoms with Gasteiger partial charge in [-0.1, -0.05) is 43.0 Å². The van der Waals surface area contributed by atoms with Gasteiger partial charge >= 0.3 is 0 Å². The highest BCUT2D eigenvalue weighted by molar-refractivity contribution is 7.99. The number of rotatable bonds is 7. The molecule has 2 aromatic heterocycles. The van der Waals surface area contributed by atoms with Crippen molar-refractivity contribution < 1.29 is 9.59 Å². The lowest BCUT2D eigenvalue weighted by Gasteiger charge is -2.11. The van der Waals surface area contributed by atoms with Crippen molar-refractivity contribution in [2.75, 3.05) is 11.1 Å². The molecule has 0 saturated heterocycles. The van der Waals surface area contributed by atoms with Crippen LogP contribution in [0.25, 0.3) is 11.4 Å². The van der Waals surface area contributed by atoms with Crippen molar-refractivity contribution in [3.63, 3.8) is 0 Å². The molecular weight excluding hydrogens is 418 g/mol. The lowest BCUT2D eigenvalue weighted by atomic mass is 9.95. The Morgan fingerprint density at radius 3 is 2.73 bits per heavy atom. The number of aryl methyl sites for hydroxylation is 2. The minimum Gasteiger partial charge on any atom is -0.365 e. The van der Waals surface area contributed by atoms with Gasteiger partial charge in [0.2, 0.25) is 11.1 Å². The van der Waals surface area contributed by atoms with Crippen LogP contribution in [0, 0.1) is 0 Å². The number of hydrogen-bond donors (Lipinski definition) is 3. The maximum Gasteiger partial charge on any atom is 0.251 e. The maximum atomic E-state index is 12.5. The second-order valence-electron chi connectivity index (χ2n) is 7.13. The Kier molecular flexibility index (Phi) is 6.19. The van der Waals surface area contributed by atoms with Crippen LogP contribution in [0.5, 0.6) is 0 Å². The molecular formula is C21H23N5O2S2. The second-order valence-corrected chi connectivity index (χ2v) is 9.18. The molecule has 0 saturated carbocycles. The van der Waals surface area contributed by atoms with Crippen LogP contribution in [0.3, 0.4) is 0 Å². The SMILES string of the molecule is CCc1ccc(-c2nc(SCC(=O)Nc3sc4c(c3C(N)=O)CCCC4)n[nH]2)cc1. The van der Waals surface area contributed by atoms with E-state index in [0.717, 1.165) is 48.1 Å². The summed E-state index contributed by atoms with van der Waals surface area (Å²) in [6.45, 7) is 2.11. The number of carbonyl (C=O) groups is 2. The molecule has 0 aliphatic heterocycles. The molecule has 3 aromatic rings. The molecule has 0 unspecified atom stereocenters. The van der Waals surface area contributed by atoms with Crippen LogP contribution in [0.15, 0.2) is 29.4 Å². The van der Waals surface area contributed by atoms with Gasteiger partial charge in [0, 0.05) is 10.4 Å². The summed E-state index contributed by atoms with van der Waals surface area (Å²) in [5.41, 5.74) is 9.28. The molecule has 7 nitrogen and oxygen atoms in total. The first-order valence-corrected chi connectivity index (χ1v) is 11.7. The molecule has 4 rings (SSSR count). The number of thiophene rings is 1. The molecule has 0 atom stereocenters. The molecule has 0 spiro atoms. The van der Waals surface area contributed by atoms with E-state index in [1.807, 2.05) is 12.1 Å². The lowest BCUT2D eigenvalue weighted by molar-refractivity contribution is -0.113. The van der Waals surface area contributed by atoms with Gasteiger partial charge in [-0.2, -0.15) is 0 Å². The number of aromatic nitrogens is 3. The normalized spacial score (nSPS) is 13.1. The Bertz CT molecular complexity index is 1070. The number of H-pyrrole nitrogens is 1. The van der Waals surface area contributed by atoms with Gasteiger partial charge in [0.1, 0.15) is 5.00 Å². The van der Waals surface area contributed by atoms with E-state index in [4.69, 9.17) is 5.73 Å². The number of nitrogens with two attached hydrogens (primary N) is 1. The summed E-state index contributed by atoms with van der Waals surface area (Å²) in [5.74, 6) is 0.125. The van der Waals surface area contributed by atoms with E-state index in [-0.39, 0.29) is 11.7 Å². The topological polar surface area (TPSA) is 114 Å². The third-order valence-corrected chi connectivity index (χ3v) is 7.16. The fraction of sp³-hybridized carbons (Fsp3) is 0.333. The van der Waals surface area contributed by atoms with Crippen LogP contribution in [0.1, 0.15) is 46.1 Å². The average Bonchev–Trinajstić information content (AvgIpc) is 3.36. The van der Waals surface area contributed by atoms with Crippen LogP contribution in [-0.4, -0.2) is 32.7 Å². The van der Waals surface area contributed by atoms with E-state index in [9.17, 15) is 9.59 Å². The number of amides is 2. The summed E-state index contributed by atoms with van der Waals surface area (Å²) < 4.78 is 0. The Morgan fingerprint density at radius 1 is 1.23 bits per heavy atom. The summed E-state index contributed by atoms with van der Waals surface area (Å²) in [6.07, 6.45) is 4.90. The molecule has 1 aliphatic rings. The molecule has 4 N–H and O–H groups in total. The fourth-order valence-corrected chi connectivity index (χ4v) is 5.46. The van der Waals surface area contributed by atoms with Crippen LogP contribution < -0.4 is 11.1 Å². The number of nitrogens with one attached hydrogen (secondary N) is 2. The molecule has 30 heavy (non-hydrogen) atoms. The Labute approximate surface area is 182 Å². The zero-order valence-electron chi connectivity index (χ0n) is 16.7. The summed E-state index contributed by atoms with van der Waals surface area (Å²) in [5, 5.41) is 11.0. The number of anilines is 1. The van der Waals surface area contributed by atoms with Crippen LogP contribution in [0.4, 0.5) is 5.00 Å². The standard InChI is InChI=1S/C21H23N5O2S2/c1-2-12-7-9-13(10-8-12)19-24-21(26-25-19)29-11-16(27)23-20-17(18(22)28)14-5-3-4-6-15(14)30-20/h7-10H,2-6,11H2,1H3,(H2,22,28)(H,23,27)(H,24,25,26). The van der Waals surface area contributed by atoms with E-state index in [1.165, 1.54) is 28.7 Å². The van der Waals surface area contributed by atoms with Crippen LogP contribution in [0.2, 0.25) is 0 Å². The maximum absolute atomic E-state index is 12.5. The molecule has 1 aliphatic carbocycles. The Morgan fingerprint density at radius 2 is 2.00 bits per heavy atom. The van der Waals surface area contributed by atoms with Crippen LogP contribution >= 0.6 is 23.1 Å². The van der Waals surface area contributed by atoms with E-state index in [2.05, 4.69) is 39.6 Å². The van der Waals surface area contributed by atoms with Gasteiger partial charge in [-0.15, -0.1) is 16.4 Å². The van der Waals surface area contributed by atoms with E-state index in [0.29, 0.717) is 21.5 Å². The third kappa shape index (κ3) is 4.41. The Hall–Kier alpha value is -2.65. The van der Waals surface area contributed by atoms with Gasteiger partial charge in [0.25, 0.3) is 5.91 Å². The minimum atomic E-state index is -0.481. The van der Waals surface area contributed by atoms with Crippen LogP contribution in [-0.2, 0) is 24.1 Å². The van der Waals surface area contributed by atoms with Crippen molar-refractivity contribution >= 4 is 39.9 Å². The first kappa shape index (κ1) is 20.6. The van der Waals surface area contributed by atoms with E-state index in [1.54, 1.807) is 0 Å². The van der Waals surface area contributed by atoms with Crippen molar-refractivity contribution in [2.45, 2.75) is 44.2 Å². The van der Waals surface area contributed by atoms with E-state index < -0.39 is 5.91 Å². The van der Waals surface area contributed by atoms with Gasteiger partial charge in [-0.25, -0.2) is 4.98 Å². The van der Waals surface area contributed by atoms with E-state index >= 15 is 0 Å². The van der Waals surface area contributed by atoms with Crippen molar-refractivity contribution in [1.82, 2.24) is 15.2 Å². The summed E-state index contributed by atoms with van der Waals surface area (Å²) >= 11 is 2.71. The summed E-state index contributed by atoms with van der Waals surface area (Å²) in [6, 6.07) is 8.14. The van der Waals surface area contributed by atoms with Gasteiger partial charge < -0.3 is 11.1 Å². The zero-order chi connectivity index (χ0) is 21.1. The molecule has 2 heterocycles. The fourth-order valence-electron chi connectivity index (χ4n) is 3.55. The minimum absolute atomic E-state index is 0.146. The highest BCUT2D eigenvalue weighted by Gasteiger charge is 2.25. The number of benzene rings is 1. The highest BCUT2D eigenvalue weighted by Crippen LogP contribution is 2.38. The first-order chi connectivity index (χ1) is 14.5. The number of primary amides is 1. The van der Waals surface area contributed by atoms with Crippen molar-refractivity contribution in [3.8, 4) is 11.4 Å². The monoisotopic (exact) mass is 441 g/mol. The summed E-state index contributed by atoms with van der Waals surface area (Å²) in [4.78, 5) is 30.0. The predicted octanol–water partition coefficient (Wildman–Crippen LogP) is 3.80. The number of carbonyl (C=O) groups excluding carboxylic acids is 2. The smallest absolute Gasteiger partial charge is 0.251 e. The van der Waals surface area contributed by atoms with Gasteiger partial charge in [0.05, 0.1) is 11.3 Å². The average molecular weight is 442 g/mol. The van der Waals surface area contributed by atoms with Crippen molar-refractivity contribution in [1.29, 1.82) is 0 Å².